The number of benzene rings is 3. The number of aryl methyl sites for hydroxylation is 2. The molecule has 0 aromatic heterocycles. The fourth-order valence-corrected chi connectivity index (χ4v) is 4.26. The van der Waals surface area contributed by atoms with Crippen LogP contribution in [0.15, 0.2) is 72.3 Å². The van der Waals surface area contributed by atoms with E-state index in [2.05, 4.69) is 13.8 Å². The Morgan fingerprint density at radius 1 is 1.00 bits per heavy atom. The van der Waals surface area contributed by atoms with Crippen molar-refractivity contribution in [2.75, 3.05) is 11.5 Å². The molecular weight excluding hydrogens is 445 g/mol. The van der Waals surface area contributed by atoms with E-state index in [1.165, 1.54) is 29.2 Å². The lowest BCUT2D eigenvalue weighted by Crippen LogP contribution is -2.29. The van der Waals surface area contributed by atoms with Crippen LogP contribution >= 0.6 is 0 Å². The van der Waals surface area contributed by atoms with Crippen LogP contribution in [-0.4, -0.2) is 23.4 Å². The molecular formula is C29H28FNO4. The molecule has 0 spiro atoms. The van der Waals surface area contributed by atoms with Crippen molar-refractivity contribution in [1.82, 2.24) is 0 Å². The molecule has 1 unspecified atom stereocenters. The summed E-state index contributed by atoms with van der Waals surface area (Å²) in [6, 6.07) is 17.1. The smallest absolute Gasteiger partial charge is 0.300 e. The van der Waals surface area contributed by atoms with Gasteiger partial charge in [-0.3, -0.25) is 14.5 Å². The van der Waals surface area contributed by atoms with E-state index in [0.29, 0.717) is 35.1 Å². The van der Waals surface area contributed by atoms with Gasteiger partial charge < -0.3 is 9.84 Å². The van der Waals surface area contributed by atoms with Gasteiger partial charge in [0.15, 0.2) is 0 Å². The molecule has 6 heteroatoms. The first-order chi connectivity index (χ1) is 16.7. The van der Waals surface area contributed by atoms with Crippen LogP contribution in [0.5, 0.6) is 5.75 Å². The number of nitrogens with zero attached hydrogens (tertiary/aromatic N) is 1. The summed E-state index contributed by atoms with van der Waals surface area (Å²) in [5.74, 6) is -1.23. The van der Waals surface area contributed by atoms with Gasteiger partial charge >= 0.3 is 0 Å². The highest BCUT2D eigenvalue weighted by atomic mass is 19.1. The Hall–Kier alpha value is -3.93. The number of anilines is 1. The number of Topliss-reactive ketones (excluding diaryl/α,β-unsaturated/α-hetero) is 1. The molecule has 1 atom stereocenters. The second-order valence-corrected chi connectivity index (χ2v) is 9.19. The zero-order chi connectivity index (χ0) is 25.3. The van der Waals surface area contributed by atoms with Crippen LogP contribution in [0.25, 0.3) is 5.76 Å². The molecule has 1 amide bonds. The fraction of sp³-hybridized carbons (Fsp3) is 0.241. The normalized spacial score (nSPS) is 17.3. The Morgan fingerprint density at radius 3 is 2.31 bits per heavy atom. The number of rotatable bonds is 6. The molecule has 180 valence electrons. The topological polar surface area (TPSA) is 66.8 Å². The number of ketones is 1. The highest BCUT2D eigenvalue weighted by Crippen LogP contribution is 2.43. The SMILES string of the molecule is Cc1cc(/C(O)=C2\C(=O)C(=O)N(c3ccc(F)cc3)C2c2ccccc2C)ccc1OCC(C)C. The second-order valence-electron chi connectivity index (χ2n) is 9.19. The van der Waals surface area contributed by atoms with Gasteiger partial charge in [0.1, 0.15) is 17.3 Å². The minimum Gasteiger partial charge on any atom is -0.507 e. The average Bonchev–Trinajstić information content (AvgIpc) is 3.09. The molecule has 1 N–H and O–H groups in total. The van der Waals surface area contributed by atoms with Crippen molar-refractivity contribution in [2.24, 2.45) is 5.92 Å². The average molecular weight is 474 g/mol. The van der Waals surface area contributed by atoms with E-state index in [-0.39, 0.29) is 11.3 Å². The summed E-state index contributed by atoms with van der Waals surface area (Å²) < 4.78 is 19.4. The number of halogens is 1. The van der Waals surface area contributed by atoms with Gasteiger partial charge in [0.05, 0.1) is 18.2 Å². The van der Waals surface area contributed by atoms with Gasteiger partial charge in [0.2, 0.25) is 0 Å². The van der Waals surface area contributed by atoms with E-state index >= 15 is 0 Å². The molecule has 1 fully saturated rings. The van der Waals surface area contributed by atoms with E-state index in [9.17, 15) is 19.1 Å². The lowest BCUT2D eigenvalue weighted by atomic mass is 9.92. The monoisotopic (exact) mass is 473 g/mol. The van der Waals surface area contributed by atoms with Crippen LogP contribution < -0.4 is 9.64 Å². The van der Waals surface area contributed by atoms with Crippen LogP contribution in [0.1, 0.15) is 42.1 Å². The number of carbonyl (C=O) groups excluding carboxylic acids is 2. The predicted octanol–water partition coefficient (Wildman–Crippen LogP) is 6.10. The fourth-order valence-electron chi connectivity index (χ4n) is 4.26. The van der Waals surface area contributed by atoms with Gasteiger partial charge in [0, 0.05) is 11.3 Å². The van der Waals surface area contributed by atoms with E-state index in [1.807, 2.05) is 38.1 Å². The first-order valence-electron chi connectivity index (χ1n) is 11.5. The minimum atomic E-state index is -0.862. The molecule has 0 aliphatic carbocycles. The molecule has 35 heavy (non-hydrogen) atoms. The van der Waals surface area contributed by atoms with Crippen LogP contribution in [-0.2, 0) is 9.59 Å². The maximum absolute atomic E-state index is 13.6. The van der Waals surface area contributed by atoms with Gasteiger partial charge in [-0.2, -0.15) is 0 Å². The van der Waals surface area contributed by atoms with E-state index in [1.54, 1.807) is 18.2 Å². The zero-order valence-electron chi connectivity index (χ0n) is 20.2. The van der Waals surface area contributed by atoms with Crippen molar-refractivity contribution in [3.63, 3.8) is 0 Å². The van der Waals surface area contributed by atoms with Crippen LogP contribution in [0.4, 0.5) is 10.1 Å². The number of amides is 1. The molecule has 4 rings (SSSR count). The van der Waals surface area contributed by atoms with E-state index < -0.39 is 23.5 Å². The van der Waals surface area contributed by atoms with Crippen LogP contribution in [0.2, 0.25) is 0 Å². The Morgan fingerprint density at radius 2 is 1.69 bits per heavy atom. The molecule has 1 heterocycles. The highest BCUT2D eigenvalue weighted by Gasteiger charge is 2.47. The summed E-state index contributed by atoms with van der Waals surface area (Å²) in [6.45, 7) is 8.41. The van der Waals surface area contributed by atoms with Crippen molar-refractivity contribution < 1.29 is 23.8 Å². The quantitative estimate of drug-likeness (QED) is 0.267. The molecule has 0 bridgehead atoms. The summed E-state index contributed by atoms with van der Waals surface area (Å²) in [5, 5.41) is 11.4. The van der Waals surface area contributed by atoms with Crippen molar-refractivity contribution in [1.29, 1.82) is 0 Å². The van der Waals surface area contributed by atoms with Gasteiger partial charge in [-0.1, -0.05) is 38.1 Å². The highest BCUT2D eigenvalue weighted by molar-refractivity contribution is 6.51. The molecule has 1 saturated heterocycles. The van der Waals surface area contributed by atoms with Gasteiger partial charge in [-0.15, -0.1) is 0 Å². The number of ether oxygens (including phenoxy) is 1. The molecule has 0 radical (unpaired) electrons. The molecule has 5 nitrogen and oxygen atoms in total. The largest absolute Gasteiger partial charge is 0.507 e. The Balaban J connectivity index is 1.86. The maximum atomic E-state index is 13.6. The van der Waals surface area contributed by atoms with Crippen molar-refractivity contribution in [3.8, 4) is 5.75 Å². The van der Waals surface area contributed by atoms with Crippen molar-refractivity contribution in [2.45, 2.75) is 33.7 Å². The van der Waals surface area contributed by atoms with Gasteiger partial charge in [-0.05, 0) is 78.9 Å². The molecule has 3 aromatic rings. The first kappa shape index (κ1) is 24.2. The summed E-state index contributed by atoms with van der Waals surface area (Å²) in [6.07, 6.45) is 0. The Kier molecular flexibility index (Phi) is 6.74. The number of aliphatic hydroxyl groups excluding tert-OH is 1. The third kappa shape index (κ3) is 4.69. The standard InChI is InChI=1S/C29H28FNO4/c1-17(2)16-35-24-14-9-20(15-19(24)4)27(32)25-26(23-8-6-5-7-18(23)3)31(29(34)28(25)33)22-12-10-21(30)11-13-22/h5-15,17,26,32H,16H2,1-4H3/b27-25+. The van der Waals surface area contributed by atoms with Crippen molar-refractivity contribution in [3.05, 3.63) is 100 Å². The molecule has 1 aliphatic heterocycles. The molecule has 3 aromatic carbocycles. The molecule has 0 saturated carbocycles. The zero-order valence-corrected chi connectivity index (χ0v) is 20.2. The number of carbonyl (C=O) groups is 2. The predicted molar refractivity (Wildman–Crippen MR) is 134 cm³/mol. The summed E-state index contributed by atoms with van der Waals surface area (Å²) >= 11 is 0. The maximum Gasteiger partial charge on any atom is 0.300 e. The van der Waals surface area contributed by atoms with Gasteiger partial charge in [-0.25, -0.2) is 4.39 Å². The van der Waals surface area contributed by atoms with Crippen LogP contribution in [0, 0.1) is 25.6 Å². The first-order valence-corrected chi connectivity index (χ1v) is 11.5. The van der Waals surface area contributed by atoms with E-state index in [0.717, 1.165) is 11.1 Å². The number of hydrogen-bond acceptors (Lipinski definition) is 4. The van der Waals surface area contributed by atoms with Crippen LogP contribution in [0.3, 0.4) is 0 Å². The number of hydrogen-bond donors (Lipinski definition) is 1. The summed E-state index contributed by atoms with van der Waals surface area (Å²) in [5.41, 5.74) is 3.13. The minimum absolute atomic E-state index is 0.0103. The summed E-state index contributed by atoms with van der Waals surface area (Å²) in [7, 11) is 0. The second kappa shape index (κ2) is 9.74. The Labute approximate surface area is 204 Å². The Bertz CT molecular complexity index is 1310. The summed E-state index contributed by atoms with van der Waals surface area (Å²) in [4.78, 5) is 27.8. The van der Waals surface area contributed by atoms with Crippen molar-refractivity contribution >= 4 is 23.1 Å². The third-order valence-corrected chi connectivity index (χ3v) is 6.05. The van der Waals surface area contributed by atoms with Gasteiger partial charge in [0.25, 0.3) is 11.7 Å². The van der Waals surface area contributed by atoms with E-state index in [4.69, 9.17) is 4.74 Å². The third-order valence-electron chi connectivity index (χ3n) is 6.05. The lowest BCUT2D eigenvalue weighted by molar-refractivity contribution is -0.132. The lowest BCUT2D eigenvalue weighted by Gasteiger charge is -2.26. The number of aliphatic hydroxyl groups is 1. The molecule has 1 aliphatic rings.